The van der Waals surface area contributed by atoms with Gasteiger partial charge in [0.2, 0.25) is 0 Å². The predicted molar refractivity (Wildman–Crippen MR) is 88.5 cm³/mol. The van der Waals surface area contributed by atoms with Gasteiger partial charge in [0.25, 0.3) is 10.0 Å². The van der Waals surface area contributed by atoms with Crippen LogP contribution in [0.15, 0.2) is 21.6 Å². The maximum atomic E-state index is 12.5. The predicted octanol–water partition coefficient (Wildman–Crippen LogP) is 3.15. The van der Waals surface area contributed by atoms with Crippen LogP contribution in [0.1, 0.15) is 17.5 Å². The Kier molecular flexibility index (Phi) is 4.84. The third kappa shape index (κ3) is 3.72. The zero-order chi connectivity index (χ0) is 15.6. The molecule has 2 N–H and O–H groups in total. The van der Waals surface area contributed by atoms with Crippen LogP contribution in [0.4, 0.5) is 10.9 Å². The van der Waals surface area contributed by atoms with E-state index in [1.54, 1.807) is 6.20 Å². The second-order valence-electron chi connectivity index (χ2n) is 4.30. The first kappa shape index (κ1) is 16.2. The molecule has 2 rings (SSSR count). The number of hydrogen-bond donors (Lipinski definition) is 2. The van der Waals surface area contributed by atoms with Gasteiger partial charge < -0.3 is 5.32 Å². The molecule has 0 atom stereocenters. The van der Waals surface area contributed by atoms with E-state index >= 15 is 0 Å². The third-order valence-electron chi connectivity index (χ3n) is 2.70. The summed E-state index contributed by atoms with van der Waals surface area (Å²) in [5.74, 6) is 0.318. The highest BCUT2D eigenvalue weighted by Gasteiger charge is 2.22. The van der Waals surface area contributed by atoms with Crippen molar-refractivity contribution in [3.05, 3.63) is 27.3 Å². The van der Waals surface area contributed by atoms with E-state index in [0.717, 1.165) is 10.6 Å². The Labute approximate surface area is 136 Å². The second-order valence-corrected chi connectivity index (χ2v) is 8.07. The standard InChI is InChI=1S/C12H15BrN4O2S2/c1-4-14-11-10(5-9(13)6-15-11)21(18,19)17-12-16-7(2)8(3)20-12/h5-6H,4H2,1-3H3,(H,14,15)(H,16,17). The van der Waals surface area contributed by atoms with Crippen molar-refractivity contribution in [3.8, 4) is 0 Å². The molecule has 0 saturated heterocycles. The van der Waals surface area contributed by atoms with Crippen molar-refractivity contribution in [2.75, 3.05) is 16.6 Å². The van der Waals surface area contributed by atoms with E-state index in [9.17, 15) is 8.42 Å². The average molecular weight is 391 g/mol. The summed E-state index contributed by atoms with van der Waals surface area (Å²) in [6, 6.07) is 1.51. The molecule has 0 aromatic carbocycles. The summed E-state index contributed by atoms with van der Waals surface area (Å²) in [5, 5.41) is 3.30. The molecule has 0 radical (unpaired) electrons. The summed E-state index contributed by atoms with van der Waals surface area (Å²) < 4.78 is 28.1. The molecule has 6 nitrogen and oxygen atoms in total. The van der Waals surface area contributed by atoms with Gasteiger partial charge >= 0.3 is 0 Å². The lowest BCUT2D eigenvalue weighted by molar-refractivity contribution is 0.601. The highest BCUT2D eigenvalue weighted by Crippen LogP contribution is 2.27. The van der Waals surface area contributed by atoms with Gasteiger partial charge in [-0.15, -0.1) is 11.3 Å². The molecule has 2 aromatic rings. The molecule has 21 heavy (non-hydrogen) atoms. The lowest BCUT2D eigenvalue weighted by Gasteiger charge is -2.11. The Balaban J connectivity index is 2.41. The van der Waals surface area contributed by atoms with Gasteiger partial charge in [-0.25, -0.2) is 18.4 Å². The van der Waals surface area contributed by atoms with Gasteiger partial charge in [0.15, 0.2) is 5.13 Å². The highest BCUT2D eigenvalue weighted by molar-refractivity contribution is 9.10. The summed E-state index contributed by atoms with van der Waals surface area (Å²) in [7, 11) is -3.75. The zero-order valence-corrected chi connectivity index (χ0v) is 15.0. The van der Waals surface area contributed by atoms with E-state index in [4.69, 9.17) is 0 Å². The zero-order valence-electron chi connectivity index (χ0n) is 11.8. The summed E-state index contributed by atoms with van der Waals surface area (Å²) in [5.41, 5.74) is 0.817. The third-order valence-corrected chi connectivity index (χ3v) is 5.61. The summed E-state index contributed by atoms with van der Waals surface area (Å²) in [6.07, 6.45) is 1.55. The fraction of sp³-hybridized carbons (Fsp3) is 0.333. The van der Waals surface area contributed by atoms with Gasteiger partial charge in [-0.3, -0.25) is 4.72 Å². The van der Waals surface area contributed by atoms with Crippen LogP contribution >= 0.6 is 27.3 Å². The Morgan fingerprint density at radius 1 is 1.38 bits per heavy atom. The normalized spacial score (nSPS) is 11.4. The van der Waals surface area contributed by atoms with Gasteiger partial charge in [0, 0.05) is 22.1 Å². The number of anilines is 2. The molecular formula is C12H15BrN4O2S2. The molecule has 0 aliphatic carbocycles. The number of nitrogens with zero attached hydrogens (tertiary/aromatic N) is 2. The van der Waals surface area contributed by atoms with Crippen molar-refractivity contribution in [3.63, 3.8) is 0 Å². The van der Waals surface area contributed by atoms with Crippen LogP contribution < -0.4 is 10.0 Å². The first-order chi connectivity index (χ1) is 9.83. The fourth-order valence-electron chi connectivity index (χ4n) is 1.61. The van der Waals surface area contributed by atoms with Crippen molar-refractivity contribution in [2.45, 2.75) is 25.7 Å². The number of pyridine rings is 1. The lowest BCUT2D eigenvalue weighted by atomic mass is 10.4. The number of hydrogen-bond acceptors (Lipinski definition) is 6. The van der Waals surface area contributed by atoms with Crippen molar-refractivity contribution >= 4 is 48.2 Å². The SMILES string of the molecule is CCNc1ncc(Br)cc1S(=O)(=O)Nc1nc(C)c(C)s1. The molecule has 114 valence electrons. The molecule has 2 aromatic heterocycles. The van der Waals surface area contributed by atoms with Gasteiger partial charge in [-0.05, 0) is 42.8 Å². The summed E-state index contributed by atoms with van der Waals surface area (Å²) in [4.78, 5) is 9.37. The number of thiazole rings is 1. The van der Waals surface area contributed by atoms with E-state index in [-0.39, 0.29) is 4.90 Å². The average Bonchev–Trinajstić information content (AvgIpc) is 2.69. The number of rotatable bonds is 5. The van der Waals surface area contributed by atoms with Gasteiger partial charge in [-0.2, -0.15) is 0 Å². The number of halogens is 1. The highest BCUT2D eigenvalue weighted by atomic mass is 79.9. The van der Waals surface area contributed by atoms with E-state index in [1.807, 2.05) is 20.8 Å². The first-order valence-electron chi connectivity index (χ1n) is 6.19. The van der Waals surface area contributed by atoms with E-state index in [0.29, 0.717) is 22.0 Å². The van der Waals surface area contributed by atoms with Crippen molar-refractivity contribution < 1.29 is 8.42 Å². The minimum Gasteiger partial charge on any atom is -0.369 e. The molecule has 0 aliphatic heterocycles. The van der Waals surface area contributed by atoms with E-state index in [1.165, 1.54) is 17.4 Å². The largest absolute Gasteiger partial charge is 0.369 e. The molecule has 9 heteroatoms. The molecule has 0 fully saturated rings. The van der Waals surface area contributed by atoms with Gasteiger partial charge in [-0.1, -0.05) is 0 Å². The quantitative estimate of drug-likeness (QED) is 0.818. The minimum atomic E-state index is -3.75. The molecule has 2 heterocycles. The number of aryl methyl sites for hydroxylation is 2. The Morgan fingerprint density at radius 3 is 2.67 bits per heavy atom. The topological polar surface area (TPSA) is 84.0 Å². The van der Waals surface area contributed by atoms with Crippen LogP contribution in [0.25, 0.3) is 0 Å². The Morgan fingerprint density at radius 2 is 2.10 bits per heavy atom. The van der Waals surface area contributed by atoms with E-state index in [2.05, 4.69) is 35.9 Å². The maximum Gasteiger partial charge on any atom is 0.267 e. The Bertz CT molecular complexity index is 739. The number of aromatic nitrogens is 2. The van der Waals surface area contributed by atoms with Gasteiger partial charge in [0.05, 0.1) is 5.69 Å². The van der Waals surface area contributed by atoms with Crippen LogP contribution in [0, 0.1) is 13.8 Å². The minimum absolute atomic E-state index is 0.0873. The van der Waals surface area contributed by atoms with Crippen LogP contribution in [0.5, 0.6) is 0 Å². The van der Waals surface area contributed by atoms with Crippen LogP contribution in [0.3, 0.4) is 0 Å². The van der Waals surface area contributed by atoms with Crippen LogP contribution in [-0.4, -0.2) is 24.9 Å². The Hall–Kier alpha value is -1.19. The van der Waals surface area contributed by atoms with Crippen LogP contribution in [-0.2, 0) is 10.0 Å². The molecule has 0 amide bonds. The first-order valence-corrected chi connectivity index (χ1v) is 9.29. The fourth-order valence-corrected chi connectivity index (χ4v) is 4.30. The van der Waals surface area contributed by atoms with E-state index < -0.39 is 10.0 Å². The lowest BCUT2D eigenvalue weighted by Crippen LogP contribution is -2.16. The van der Waals surface area contributed by atoms with Crippen LogP contribution in [0.2, 0.25) is 0 Å². The molecule has 0 bridgehead atoms. The number of sulfonamides is 1. The monoisotopic (exact) mass is 390 g/mol. The van der Waals surface area contributed by atoms with Crippen molar-refractivity contribution in [1.82, 2.24) is 9.97 Å². The molecule has 0 spiro atoms. The summed E-state index contributed by atoms with van der Waals surface area (Å²) in [6.45, 7) is 6.19. The molecule has 0 unspecified atom stereocenters. The molecule has 0 aliphatic rings. The summed E-state index contributed by atoms with van der Waals surface area (Å²) >= 11 is 4.55. The van der Waals surface area contributed by atoms with Crippen molar-refractivity contribution in [1.29, 1.82) is 0 Å². The molecular weight excluding hydrogens is 376 g/mol. The maximum absolute atomic E-state index is 12.5. The smallest absolute Gasteiger partial charge is 0.267 e. The van der Waals surface area contributed by atoms with Crippen molar-refractivity contribution in [2.24, 2.45) is 0 Å². The number of nitrogens with one attached hydrogen (secondary N) is 2. The second kappa shape index (κ2) is 6.29. The van der Waals surface area contributed by atoms with Gasteiger partial charge in [0.1, 0.15) is 10.7 Å². The molecule has 0 saturated carbocycles.